The molecule has 0 aliphatic carbocycles. The fraction of sp³-hybridized carbons (Fsp3) is 0.440. The van der Waals surface area contributed by atoms with E-state index in [-0.39, 0.29) is 25.0 Å². The van der Waals surface area contributed by atoms with Crippen LogP contribution in [0.1, 0.15) is 49.5 Å². The van der Waals surface area contributed by atoms with E-state index in [2.05, 4.69) is 16.0 Å². The highest BCUT2D eigenvalue weighted by atomic mass is 19.4. The molecule has 1 saturated heterocycles. The smallest absolute Gasteiger partial charge is 0.372 e. The predicted octanol–water partition coefficient (Wildman–Crippen LogP) is 3.68. The van der Waals surface area contributed by atoms with Gasteiger partial charge in [0.2, 0.25) is 11.8 Å². The SMILES string of the molecule is CNC(=O)[C@@]1(NC(C)=O)CC[C@@](COC(C)c2cccc(C(F)(F)F)c2)(c2ccccc2)NC1. The Labute approximate surface area is 197 Å². The molecule has 1 aliphatic heterocycles. The third-order valence-electron chi connectivity index (χ3n) is 6.37. The van der Waals surface area contributed by atoms with Crippen LogP contribution in [0.3, 0.4) is 0 Å². The number of rotatable bonds is 7. The number of ether oxygens (including phenoxy) is 1. The summed E-state index contributed by atoms with van der Waals surface area (Å²) < 4.78 is 45.5. The van der Waals surface area contributed by atoms with Crippen LogP contribution < -0.4 is 16.0 Å². The molecule has 1 aliphatic rings. The van der Waals surface area contributed by atoms with Crippen LogP contribution >= 0.6 is 0 Å². The Morgan fingerprint density at radius 3 is 2.38 bits per heavy atom. The molecule has 3 atom stereocenters. The molecule has 0 saturated carbocycles. The van der Waals surface area contributed by atoms with E-state index in [1.165, 1.54) is 20.0 Å². The molecule has 2 aromatic carbocycles. The van der Waals surface area contributed by atoms with E-state index in [0.29, 0.717) is 18.4 Å². The first-order valence-corrected chi connectivity index (χ1v) is 11.1. The van der Waals surface area contributed by atoms with E-state index in [9.17, 15) is 22.8 Å². The first kappa shape index (κ1) is 25.7. The normalized spacial score (nSPS) is 23.7. The second-order valence-electron chi connectivity index (χ2n) is 8.72. The van der Waals surface area contributed by atoms with Gasteiger partial charge in [-0.25, -0.2) is 0 Å². The largest absolute Gasteiger partial charge is 0.416 e. The topological polar surface area (TPSA) is 79.5 Å². The highest BCUT2D eigenvalue weighted by Crippen LogP contribution is 2.37. The lowest BCUT2D eigenvalue weighted by atomic mass is 9.76. The van der Waals surface area contributed by atoms with Gasteiger partial charge in [-0.05, 0) is 43.0 Å². The van der Waals surface area contributed by atoms with Crippen LogP contribution in [0.25, 0.3) is 0 Å². The molecule has 3 rings (SSSR count). The van der Waals surface area contributed by atoms with Crippen LogP contribution in [-0.4, -0.2) is 37.6 Å². The number of halogens is 3. The van der Waals surface area contributed by atoms with Crippen molar-refractivity contribution in [3.63, 3.8) is 0 Å². The molecule has 2 amide bonds. The molecule has 1 heterocycles. The fourth-order valence-corrected chi connectivity index (χ4v) is 4.40. The van der Waals surface area contributed by atoms with E-state index in [1.54, 1.807) is 13.0 Å². The average Bonchev–Trinajstić information content (AvgIpc) is 2.82. The summed E-state index contributed by atoms with van der Waals surface area (Å²) in [6, 6.07) is 14.7. The van der Waals surface area contributed by atoms with Crippen LogP contribution in [0.4, 0.5) is 13.2 Å². The van der Waals surface area contributed by atoms with E-state index in [4.69, 9.17) is 4.74 Å². The Balaban J connectivity index is 1.83. The van der Waals surface area contributed by atoms with Gasteiger partial charge in [0.25, 0.3) is 0 Å². The Morgan fingerprint density at radius 2 is 1.82 bits per heavy atom. The van der Waals surface area contributed by atoms with E-state index in [1.807, 2.05) is 30.3 Å². The zero-order valence-corrected chi connectivity index (χ0v) is 19.5. The van der Waals surface area contributed by atoms with Gasteiger partial charge in [-0.3, -0.25) is 9.59 Å². The number of likely N-dealkylation sites (N-methyl/N-ethyl adjacent to an activating group) is 1. The maximum absolute atomic E-state index is 13.1. The molecule has 0 radical (unpaired) electrons. The van der Waals surface area contributed by atoms with Gasteiger partial charge in [-0.1, -0.05) is 42.5 Å². The molecule has 1 fully saturated rings. The van der Waals surface area contributed by atoms with Crippen molar-refractivity contribution in [1.82, 2.24) is 16.0 Å². The van der Waals surface area contributed by atoms with Crippen molar-refractivity contribution in [2.24, 2.45) is 0 Å². The van der Waals surface area contributed by atoms with Crippen LogP contribution in [0.15, 0.2) is 54.6 Å². The average molecular weight is 478 g/mol. The van der Waals surface area contributed by atoms with Crippen molar-refractivity contribution < 1.29 is 27.5 Å². The lowest BCUT2D eigenvalue weighted by Crippen LogP contribution is -2.69. The molecule has 34 heavy (non-hydrogen) atoms. The van der Waals surface area contributed by atoms with Crippen LogP contribution in [0.5, 0.6) is 0 Å². The molecule has 9 heteroatoms. The van der Waals surface area contributed by atoms with Gasteiger partial charge in [0.05, 0.1) is 23.8 Å². The number of piperidine rings is 1. The van der Waals surface area contributed by atoms with Gasteiger partial charge < -0.3 is 20.7 Å². The van der Waals surface area contributed by atoms with Crippen LogP contribution in [-0.2, 0) is 26.0 Å². The van der Waals surface area contributed by atoms with Crippen molar-refractivity contribution in [1.29, 1.82) is 0 Å². The Hall–Kier alpha value is -2.91. The zero-order valence-electron chi connectivity index (χ0n) is 19.5. The Kier molecular flexibility index (Phi) is 7.67. The minimum atomic E-state index is -4.43. The Morgan fingerprint density at radius 1 is 1.12 bits per heavy atom. The molecule has 0 spiro atoms. The molecule has 1 unspecified atom stereocenters. The summed E-state index contributed by atoms with van der Waals surface area (Å²) in [6.07, 6.45) is -4.21. The van der Waals surface area contributed by atoms with Crippen molar-refractivity contribution in [2.45, 2.75) is 50.0 Å². The number of amides is 2. The molecule has 0 bridgehead atoms. The van der Waals surface area contributed by atoms with Gasteiger partial charge in [-0.15, -0.1) is 0 Å². The maximum Gasteiger partial charge on any atom is 0.416 e. The molecular weight excluding hydrogens is 447 g/mol. The lowest BCUT2D eigenvalue weighted by Gasteiger charge is -2.47. The number of benzene rings is 2. The van der Waals surface area contributed by atoms with Gasteiger partial charge in [0, 0.05) is 20.5 Å². The highest BCUT2D eigenvalue weighted by molar-refractivity contribution is 5.91. The zero-order chi connectivity index (χ0) is 25.0. The van der Waals surface area contributed by atoms with Gasteiger partial charge >= 0.3 is 6.18 Å². The minimum absolute atomic E-state index is 0.165. The number of nitrogens with one attached hydrogen (secondary N) is 3. The number of hydrogen-bond acceptors (Lipinski definition) is 4. The molecule has 184 valence electrons. The molecule has 6 nitrogen and oxygen atoms in total. The first-order valence-electron chi connectivity index (χ1n) is 11.1. The molecule has 2 aromatic rings. The van der Waals surface area contributed by atoms with E-state index < -0.39 is 28.9 Å². The fourth-order valence-electron chi connectivity index (χ4n) is 4.40. The van der Waals surface area contributed by atoms with Crippen molar-refractivity contribution in [3.8, 4) is 0 Å². The Bertz CT molecular complexity index is 1000. The van der Waals surface area contributed by atoms with Gasteiger partial charge in [0.15, 0.2) is 0 Å². The summed E-state index contributed by atoms with van der Waals surface area (Å²) in [5.41, 5.74) is -1.16. The summed E-state index contributed by atoms with van der Waals surface area (Å²) >= 11 is 0. The summed E-state index contributed by atoms with van der Waals surface area (Å²) in [5, 5.41) is 8.83. The molecule has 3 N–H and O–H groups in total. The number of alkyl halides is 3. The van der Waals surface area contributed by atoms with Crippen LogP contribution in [0, 0.1) is 0 Å². The predicted molar refractivity (Wildman–Crippen MR) is 122 cm³/mol. The van der Waals surface area contributed by atoms with Gasteiger partial charge in [0.1, 0.15) is 5.54 Å². The third-order valence-corrected chi connectivity index (χ3v) is 6.37. The van der Waals surface area contributed by atoms with E-state index >= 15 is 0 Å². The number of hydrogen-bond donors (Lipinski definition) is 3. The highest BCUT2D eigenvalue weighted by Gasteiger charge is 2.48. The summed E-state index contributed by atoms with van der Waals surface area (Å²) in [7, 11) is 1.52. The van der Waals surface area contributed by atoms with Crippen molar-refractivity contribution >= 4 is 11.8 Å². The van der Waals surface area contributed by atoms with Crippen molar-refractivity contribution in [3.05, 3.63) is 71.3 Å². The monoisotopic (exact) mass is 477 g/mol. The molecular formula is C25H30F3N3O3. The summed E-state index contributed by atoms with van der Waals surface area (Å²) in [4.78, 5) is 24.5. The number of carbonyl (C=O) groups is 2. The summed E-state index contributed by atoms with van der Waals surface area (Å²) in [6.45, 7) is 3.41. The van der Waals surface area contributed by atoms with Crippen molar-refractivity contribution in [2.75, 3.05) is 20.2 Å². The first-order chi connectivity index (χ1) is 16.0. The van der Waals surface area contributed by atoms with E-state index in [0.717, 1.165) is 17.7 Å². The number of carbonyl (C=O) groups excluding carboxylic acids is 2. The second-order valence-corrected chi connectivity index (χ2v) is 8.72. The molecule has 0 aromatic heterocycles. The minimum Gasteiger partial charge on any atom is -0.372 e. The van der Waals surface area contributed by atoms with Crippen LogP contribution in [0.2, 0.25) is 0 Å². The maximum atomic E-state index is 13.1. The standard InChI is InChI=1S/C25H30F3N3O3/c1-17(19-8-7-11-21(14-19)25(26,27)28)34-16-24(20-9-5-4-6-10-20)13-12-23(15-30-24,22(33)29-3)31-18(2)32/h4-11,14,17,30H,12-13,15-16H2,1-3H3,(H,29,33)(H,31,32)/t17?,23-,24-/m1/s1. The summed E-state index contributed by atoms with van der Waals surface area (Å²) in [5.74, 6) is -0.609. The quantitative estimate of drug-likeness (QED) is 0.569. The second kappa shape index (κ2) is 10.1. The lowest BCUT2D eigenvalue weighted by molar-refractivity contribution is -0.137. The van der Waals surface area contributed by atoms with Gasteiger partial charge in [-0.2, -0.15) is 13.2 Å². The third kappa shape index (κ3) is 5.59.